The molecule has 0 radical (unpaired) electrons. The standard InChI is InChI=1S/C21H26N2O5S/c1-15-4-6-17(7-5-15)16(2)22-21(24)19-14-18(8-9-20(19)27-3)29(25,26)23-10-12-28-13-11-23/h4-9,14,16H,10-13H2,1-3H3,(H,22,24)/t16-/m1/s1. The summed E-state index contributed by atoms with van der Waals surface area (Å²) in [5.41, 5.74) is 2.27. The van der Waals surface area contributed by atoms with Crippen molar-refractivity contribution in [3.8, 4) is 5.75 Å². The Balaban J connectivity index is 1.86. The molecule has 1 aliphatic heterocycles. The van der Waals surface area contributed by atoms with Crippen molar-refractivity contribution in [2.24, 2.45) is 0 Å². The van der Waals surface area contributed by atoms with Gasteiger partial charge in [-0.05, 0) is 37.6 Å². The van der Waals surface area contributed by atoms with Crippen molar-refractivity contribution in [3.63, 3.8) is 0 Å². The van der Waals surface area contributed by atoms with Crippen LogP contribution in [0.5, 0.6) is 5.75 Å². The van der Waals surface area contributed by atoms with E-state index in [4.69, 9.17) is 9.47 Å². The van der Waals surface area contributed by atoms with Crippen molar-refractivity contribution in [2.75, 3.05) is 33.4 Å². The van der Waals surface area contributed by atoms with E-state index in [0.29, 0.717) is 32.1 Å². The number of morpholine rings is 1. The first-order valence-corrected chi connectivity index (χ1v) is 10.9. The number of methoxy groups -OCH3 is 1. The van der Waals surface area contributed by atoms with Gasteiger partial charge in [-0.1, -0.05) is 29.8 Å². The van der Waals surface area contributed by atoms with Crippen LogP contribution >= 0.6 is 0 Å². The number of nitrogens with one attached hydrogen (secondary N) is 1. The molecule has 1 amide bonds. The van der Waals surface area contributed by atoms with Crippen molar-refractivity contribution < 1.29 is 22.7 Å². The number of ether oxygens (including phenoxy) is 2. The molecule has 2 aromatic carbocycles. The fourth-order valence-corrected chi connectivity index (χ4v) is 4.61. The van der Waals surface area contributed by atoms with Gasteiger partial charge in [0, 0.05) is 13.1 Å². The van der Waals surface area contributed by atoms with Crippen LogP contribution in [0.4, 0.5) is 0 Å². The minimum Gasteiger partial charge on any atom is -0.496 e. The second kappa shape index (κ2) is 8.94. The zero-order chi connectivity index (χ0) is 21.0. The molecule has 1 fully saturated rings. The van der Waals surface area contributed by atoms with Crippen LogP contribution in [0.3, 0.4) is 0 Å². The van der Waals surface area contributed by atoms with E-state index >= 15 is 0 Å². The smallest absolute Gasteiger partial charge is 0.255 e. The average Bonchev–Trinajstić information content (AvgIpc) is 2.74. The quantitative estimate of drug-likeness (QED) is 0.779. The van der Waals surface area contributed by atoms with E-state index in [1.165, 1.54) is 29.6 Å². The Labute approximate surface area is 171 Å². The van der Waals surface area contributed by atoms with Crippen LogP contribution in [0.2, 0.25) is 0 Å². The molecule has 0 aliphatic carbocycles. The molecular formula is C21H26N2O5S. The van der Waals surface area contributed by atoms with Gasteiger partial charge in [0.05, 0.1) is 36.8 Å². The summed E-state index contributed by atoms with van der Waals surface area (Å²) >= 11 is 0. The van der Waals surface area contributed by atoms with Gasteiger partial charge < -0.3 is 14.8 Å². The second-order valence-corrected chi connectivity index (χ2v) is 8.92. The van der Waals surface area contributed by atoms with Crippen LogP contribution in [0.15, 0.2) is 47.4 Å². The largest absolute Gasteiger partial charge is 0.496 e. The van der Waals surface area contributed by atoms with E-state index < -0.39 is 15.9 Å². The molecule has 0 aromatic heterocycles. The third kappa shape index (κ3) is 4.77. The summed E-state index contributed by atoms with van der Waals surface area (Å²) in [6.07, 6.45) is 0. The Morgan fingerprint density at radius 3 is 2.41 bits per heavy atom. The molecule has 0 unspecified atom stereocenters. The van der Waals surface area contributed by atoms with Gasteiger partial charge >= 0.3 is 0 Å². The Morgan fingerprint density at radius 1 is 1.14 bits per heavy atom. The first-order valence-electron chi connectivity index (χ1n) is 9.46. The van der Waals surface area contributed by atoms with Crippen molar-refractivity contribution in [2.45, 2.75) is 24.8 Å². The second-order valence-electron chi connectivity index (χ2n) is 6.98. The van der Waals surface area contributed by atoms with Crippen LogP contribution in [0.25, 0.3) is 0 Å². The van der Waals surface area contributed by atoms with Gasteiger partial charge in [0.2, 0.25) is 10.0 Å². The van der Waals surface area contributed by atoms with E-state index in [0.717, 1.165) is 11.1 Å². The lowest BCUT2D eigenvalue weighted by Gasteiger charge is -2.26. The molecule has 0 bridgehead atoms. The number of carbonyl (C=O) groups is 1. The molecule has 1 atom stereocenters. The number of nitrogens with zero attached hydrogens (tertiary/aromatic N) is 1. The molecule has 1 saturated heterocycles. The lowest BCUT2D eigenvalue weighted by Crippen LogP contribution is -2.40. The molecule has 1 heterocycles. The summed E-state index contributed by atoms with van der Waals surface area (Å²) in [6.45, 7) is 5.18. The number of hydrogen-bond acceptors (Lipinski definition) is 5. The van der Waals surface area contributed by atoms with Crippen molar-refractivity contribution in [1.29, 1.82) is 0 Å². The highest BCUT2D eigenvalue weighted by atomic mass is 32.2. The van der Waals surface area contributed by atoms with Gasteiger partial charge in [0.25, 0.3) is 5.91 Å². The van der Waals surface area contributed by atoms with Crippen LogP contribution < -0.4 is 10.1 Å². The number of carbonyl (C=O) groups excluding carboxylic acids is 1. The summed E-state index contributed by atoms with van der Waals surface area (Å²) in [7, 11) is -2.26. The van der Waals surface area contributed by atoms with Crippen molar-refractivity contribution >= 4 is 15.9 Å². The minimum absolute atomic E-state index is 0.0633. The maximum Gasteiger partial charge on any atom is 0.255 e. The fourth-order valence-electron chi connectivity index (χ4n) is 3.17. The highest BCUT2D eigenvalue weighted by Gasteiger charge is 2.28. The highest BCUT2D eigenvalue weighted by Crippen LogP contribution is 2.26. The first kappa shape index (κ1) is 21.3. The van der Waals surface area contributed by atoms with Gasteiger partial charge in [-0.15, -0.1) is 0 Å². The summed E-state index contributed by atoms with van der Waals surface area (Å²) in [5, 5.41) is 2.92. The molecule has 1 N–H and O–H groups in total. The molecule has 2 aromatic rings. The minimum atomic E-state index is -3.71. The summed E-state index contributed by atoms with van der Waals surface area (Å²) in [4.78, 5) is 13.0. The Hall–Kier alpha value is -2.42. The van der Waals surface area contributed by atoms with Crippen molar-refractivity contribution in [3.05, 3.63) is 59.2 Å². The lowest BCUT2D eigenvalue weighted by atomic mass is 10.1. The van der Waals surface area contributed by atoms with Gasteiger partial charge in [0.1, 0.15) is 5.75 Å². The van der Waals surface area contributed by atoms with Crippen LogP contribution in [0, 0.1) is 6.92 Å². The monoisotopic (exact) mass is 418 g/mol. The lowest BCUT2D eigenvalue weighted by molar-refractivity contribution is 0.0730. The summed E-state index contributed by atoms with van der Waals surface area (Å²) in [6, 6.07) is 12.0. The number of benzene rings is 2. The zero-order valence-electron chi connectivity index (χ0n) is 16.8. The van der Waals surface area contributed by atoms with Crippen LogP contribution in [-0.2, 0) is 14.8 Å². The molecule has 8 heteroatoms. The Bertz CT molecular complexity index is 967. The summed E-state index contributed by atoms with van der Waals surface area (Å²) in [5.74, 6) is -0.0755. The van der Waals surface area contributed by atoms with E-state index in [-0.39, 0.29) is 16.5 Å². The maximum absolute atomic E-state index is 12.9. The first-order chi connectivity index (χ1) is 13.8. The molecule has 7 nitrogen and oxygen atoms in total. The topological polar surface area (TPSA) is 84.9 Å². The molecule has 0 spiro atoms. The van der Waals surface area contributed by atoms with Gasteiger partial charge in [-0.25, -0.2) is 8.42 Å². The fraction of sp³-hybridized carbons (Fsp3) is 0.381. The number of hydrogen-bond donors (Lipinski definition) is 1. The number of sulfonamides is 1. The molecule has 29 heavy (non-hydrogen) atoms. The Morgan fingerprint density at radius 2 is 1.79 bits per heavy atom. The van der Waals surface area contributed by atoms with E-state index in [2.05, 4.69) is 5.32 Å². The molecule has 156 valence electrons. The SMILES string of the molecule is COc1ccc(S(=O)(=O)N2CCOCC2)cc1C(=O)N[C@H](C)c1ccc(C)cc1. The predicted octanol–water partition coefficient (Wildman–Crippen LogP) is 2.52. The third-order valence-corrected chi connectivity index (χ3v) is 6.84. The molecule has 1 aliphatic rings. The van der Waals surface area contributed by atoms with Crippen LogP contribution in [0.1, 0.15) is 34.5 Å². The zero-order valence-corrected chi connectivity index (χ0v) is 17.7. The highest BCUT2D eigenvalue weighted by molar-refractivity contribution is 7.89. The predicted molar refractivity (Wildman–Crippen MR) is 110 cm³/mol. The normalized spacial score (nSPS) is 16.2. The average molecular weight is 419 g/mol. The van der Waals surface area contributed by atoms with E-state index in [9.17, 15) is 13.2 Å². The van der Waals surface area contributed by atoms with Crippen molar-refractivity contribution in [1.82, 2.24) is 9.62 Å². The third-order valence-electron chi connectivity index (χ3n) is 4.95. The number of aryl methyl sites for hydroxylation is 1. The van der Waals surface area contributed by atoms with Gasteiger partial charge in [-0.3, -0.25) is 4.79 Å². The van der Waals surface area contributed by atoms with E-state index in [1.54, 1.807) is 0 Å². The Kier molecular flexibility index (Phi) is 6.56. The van der Waals surface area contributed by atoms with Crippen LogP contribution in [-0.4, -0.2) is 52.0 Å². The van der Waals surface area contributed by atoms with E-state index in [1.807, 2.05) is 38.1 Å². The maximum atomic E-state index is 12.9. The number of amides is 1. The van der Waals surface area contributed by atoms with Gasteiger partial charge in [0.15, 0.2) is 0 Å². The summed E-state index contributed by atoms with van der Waals surface area (Å²) < 4.78 is 37.8. The molecular weight excluding hydrogens is 392 g/mol. The molecule has 0 saturated carbocycles. The van der Waals surface area contributed by atoms with Gasteiger partial charge in [-0.2, -0.15) is 4.31 Å². The molecule has 3 rings (SSSR count). The number of rotatable bonds is 6.